The lowest BCUT2D eigenvalue weighted by atomic mass is 10.1. The number of benzene rings is 2. The Morgan fingerprint density at radius 3 is 2.42 bits per heavy atom. The van der Waals surface area contributed by atoms with Gasteiger partial charge in [-0.3, -0.25) is 19.2 Å². The van der Waals surface area contributed by atoms with Crippen LogP contribution in [0.5, 0.6) is 0 Å². The minimum Gasteiger partial charge on any atom is -0.479 e. The first kappa shape index (κ1) is 26.5. The number of rotatable bonds is 7. The maximum atomic E-state index is 13.2. The molecule has 2 heterocycles. The number of amides is 3. The Morgan fingerprint density at radius 1 is 1.05 bits per heavy atom. The van der Waals surface area contributed by atoms with Gasteiger partial charge in [0.2, 0.25) is 5.91 Å². The van der Waals surface area contributed by atoms with Crippen LogP contribution in [-0.2, 0) is 14.4 Å². The minimum absolute atomic E-state index is 0.0889. The van der Waals surface area contributed by atoms with Crippen LogP contribution in [-0.4, -0.2) is 92.3 Å². The maximum Gasteiger partial charge on any atom is 0.334 e. The summed E-state index contributed by atoms with van der Waals surface area (Å²) in [6.07, 6.45) is -0.745. The number of nitrogens with two attached hydrogens (primary N) is 1. The first-order chi connectivity index (χ1) is 18.1. The maximum absolute atomic E-state index is 13.2. The van der Waals surface area contributed by atoms with Crippen molar-refractivity contribution in [2.24, 2.45) is 5.73 Å². The SMILES string of the molecule is CC1CN(C(=O)c2ccccc2)CCN1C(=O)C(=O)c1c[nH]c2c(NC(=O)C(N)C(O)C(=O)O)cccc12. The van der Waals surface area contributed by atoms with E-state index in [0.29, 0.717) is 16.5 Å². The van der Waals surface area contributed by atoms with Crippen LogP contribution in [0.1, 0.15) is 27.6 Å². The van der Waals surface area contributed by atoms with E-state index in [-0.39, 0.29) is 36.8 Å². The number of carboxylic acids is 1. The Balaban J connectivity index is 1.48. The highest BCUT2D eigenvalue weighted by Gasteiger charge is 2.34. The number of aliphatic hydroxyl groups excluding tert-OH is 1. The monoisotopic (exact) mass is 521 g/mol. The molecule has 3 atom stereocenters. The fourth-order valence-electron chi connectivity index (χ4n) is 4.41. The van der Waals surface area contributed by atoms with Crippen molar-refractivity contribution in [1.82, 2.24) is 14.8 Å². The molecule has 1 aliphatic rings. The molecule has 0 bridgehead atoms. The van der Waals surface area contributed by atoms with Crippen molar-refractivity contribution >= 4 is 46.1 Å². The summed E-state index contributed by atoms with van der Waals surface area (Å²) in [6.45, 7) is 2.52. The molecule has 0 aliphatic carbocycles. The van der Waals surface area contributed by atoms with E-state index in [2.05, 4.69) is 10.3 Å². The minimum atomic E-state index is -2.10. The molecule has 3 aromatic rings. The van der Waals surface area contributed by atoms with Crippen molar-refractivity contribution in [1.29, 1.82) is 0 Å². The standard InChI is InChI=1S/C26H27N5O7/c1-14-13-30(24(35)15-6-3-2-4-7-15)10-11-31(14)25(36)21(32)17-12-28-20-16(17)8-5-9-18(20)29-23(34)19(27)22(33)26(37)38/h2-9,12,14,19,22,28,33H,10-11,13,27H2,1H3,(H,29,34)(H,37,38). The molecule has 0 saturated carbocycles. The largest absolute Gasteiger partial charge is 0.479 e. The number of anilines is 1. The van der Waals surface area contributed by atoms with Crippen LogP contribution in [0, 0.1) is 0 Å². The number of carboxylic acid groups (broad SMARTS) is 1. The molecule has 1 saturated heterocycles. The zero-order valence-electron chi connectivity index (χ0n) is 20.5. The molecule has 4 rings (SSSR count). The average molecular weight is 522 g/mol. The normalized spacial score (nSPS) is 17.1. The van der Waals surface area contributed by atoms with Crippen molar-refractivity contribution in [2.45, 2.75) is 25.1 Å². The van der Waals surface area contributed by atoms with Crippen molar-refractivity contribution < 1.29 is 34.2 Å². The van der Waals surface area contributed by atoms with Gasteiger partial charge in [-0.15, -0.1) is 0 Å². The van der Waals surface area contributed by atoms with Gasteiger partial charge in [-0.05, 0) is 25.1 Å². The number of fused-ring (bicyclic) bond motifs is 1. The fraction of sp³-hybridized carbons (Fsp3) is 0.269. The van der Waals surface area contributed by atoms with E-state index in [9.17, 15) is 29.1 Å². The molecule has 3 amide bonds. The number of nitrogens with zero attached hydrogens (tertiary/aromatic N) is 2. The summed E-state index contributed by atoms with van der Waals surface area (Å²) in [5.74, 6) is -4.20. The van der Waals surface area contributed by atoms with Crippen LogP contribution < -0.4 is 11.1 Å². The van der Waals surface area contributed by atoms with Crippen LogP contribution in [0.3, 0.4) is 0 Å². The van der Waals surface area contributed by atoms with E-state index in [0.717, 1.165) is 0 Å². The molecule has 12 heteroatoms. The summed E-state index contributed by atoms with van der Waals surface area (Å²) in [7, 11) is 0. The quantitative estimate of drug-likeness (QED) is 0.219. The van der Waals surface area contributed by atoms with Crippen LogP contribution in [0.2, 0.25) is 0 Å². The van der Waals surface area contributed by atoms with E-state index in [1.165, 1.54) is 17.2 Å². The van der Waals surface area contributed by atoms with Gasteiger partial charge in [0.15, 0.2) is 6.10 Å². The van der Waals surface area contributed by atoms with Gasteiger partial charge in [-0.1, -0.05) is 30.3 Å². The van der Waals surface area contributed by atoms with Gasteiger partial charge < -0.3 is 36.0 Å². The number of piperazine rings is 1. The number of carbonyl (C=O) groups is 5. The lowest BCUT2D eigenvalue weighted by Gasteiger charge is -2.39. The number of carbonyl (C=O) groups excluding carboxylic acids is 4. The Morgan fingerprint density at radius 2 is 1.76 bits per heavy atom. The highest BCUT2D eigenvalue weighted by molar-refractivity contribution is 6.45. The molecular formula is C26H27N5O7. The fourth-order valence-corrected chi connectivity index (χ4v) is 4.41. The molecule has 198 valence electrons. The van der Waals surface area contributed by atoms with Gasteiger partial charge in [0.25, 0.3) is 17.6 Å². The topological polar surface area (TPSA) is 186 Å². The van der Waals surface area contributed by atoms with E-state index in [4.69, 9.17) is 10.8 Å². The second kappa shape index (κ2) is 10.8. The summed E-state index contributed by atoms with van der Waals surface area (Å²) in [5, 5.41) is 21.2. The van der Waals surface area contributed by atoms with Crippen LogP contribution in [0.25, 0.3) is 10.9 Å². The van der Waals surface area contributed by atoms with Crippen molar-refractivity contribution in [3.63, 3.8) is 0 Å². The number of H-pyrrole nitrogens is 1. The lowest BCUT2D eigenvalue weighted by Crippen LogP contribution is -2.56. The van der Waals surface area contributed by atoms with E-state index < -0.39 is 41.8 Å². The molecule has 3 unspecified atom stereocenters. The number of aromatic nitrogens is 1. The van der Waals surface area contributed by atoms with Gasteiger partial charge in [-0.2, -0.15) is 0 Å². The van der Waals surface area contributed by atoms with Gasteiger partial charge in [-0.25, -0.2) is 4.79 Å². The molecule has 0 radical (unpaired) electrons. The van der Waals surface area contributed by atoms with E-state index in [1.54, 1.807) is 48.2 Å². The molecule has 38 heavy (non-hydrogen) atoms. The highest BCUT2D eigenvalue weighted by Crippen LogP contribution is 2.27. The smallest absolute Gasteiger partial charge is 0.334 e. The molecule has 2 aromatic carbocycles. The number of aliphatic carboxylic acids is 1. The van der Waals surface area contributed by atoms with Gasteiger partial charge in [0, 0.05) is 42.8 Å². The van der Waals surface area contributed by atoms with E-state index in [1.807, 2.05) is 6.07 Å². The molecule has 1 fully saturated rings. The number of hydrogen-bond donors (Lipinski definition) is 5. The van der Waals surface area contributed by atoms with Gasteiger partial charge in [0.05, 0.1) is 16.8 Å². The zero-order valence-corrected chi connectivity index (χ0v) is 20.5. The summed E-state index contributed by atoms with van der Waals surface area (Å²) in [4.78, 5) is 68.4. The third-order valence-corrected chi connectivity index (χ3v) is 6.50. The Labute approximate surface area is 217 Å². The number of aromatic amines is 1. The second-order valence-electron chi connectivity index (χ2n) is 9.02. The third-order valence-electron chi connectivity index (χ3n) is 6.50. The first-order valence-corrected chi connectivity index (χ1v) is 11.9. The van der Waals surface area contributed by atoms with Crippen molar-refractivity contribution in [2.75, 3.05) is 25.0 Å². The Hall–Kier alpha value is -4.55. The first-order valence-electron chi connectivity index (χ1n) is 11.9. The van der Waals surface area contributed by atoms with Gasteiger partial charge >= 0.3 is 5.97 Å². The molecule has 1 aromatic heterocycles. The number of ketones is 1. The summed E-state index contributed by atoms with van der Waals surface area (Å²) in [5.41, 5.74) is 6.67. The average Bonchev–Trinajstić information content (AvgIpc) is 3.36. The second-order valence-corrected chi connectivity index (χ2v) is 9.02. The van der Waals surface area contributed by atoms with Crippen LogP contribution >= 0.6 is 0 Å². The van der Waals surface area contributed by atoms with Crippen LogP contribution in [0.15, 0.2) is 54.7 Å². The molecule has 0 spiro atoms. The number of para-hydroxylation sites is 1. The Bertz CT molecular complexity index is 1400. The highest BCUT2D eigenvalue weighted by atomic mass is 16.4. The summed E-state index contributed by atoms with van der Waals surface area (Å²) >= 11 is 0. The number of hydrogen-bond acceptors (Lipinski definition) is 7. The molecule has 6 N–H and O–H groups in total. The zero-order chi connectivity index (χ0) is 27.6. The predicted octanol–water partition coefficient (Wildman–Crippen LogP) is 0.435. The van der Waals surface area contributed by atoms with Crippen molar-refractivity contribution in [3.05, 3.63) is 65.9 Å². The molecule has 1 aliphatic heterocycles. The number of Topliss-reactive ketones (excluding diaryl/α,β-unsaturated/α-hetero) is 1. The number of aliphatic hydroxyl groups is 1. The summed E-state index contributed by atoms with van der Waals surface area (Å²) < 4.78 is 0. The lowest BCUT2D eigenvalue weighted by molar-refractivity contribution is -0.149. The molecule has 12 nitrogen and oxygen atoms in total. The van der Waals surface area contributed by atoms with Crippen LogP contribution in [0.4, 0.5) is 5.69 Å². The van der Waals surface area contributed by atoms with E-state index >= 15 is 0 Å². The third kappa shape index (κ3) is 5.12. The van der Waals surface area contributed by atoms with Crippen molar-refractivity contribution in [3.8, 4) is 0 Å². The number of nitrogens with one attached hydrogen (secondary N) is 2. The Kier molecular flexibility index (Phi) is 7.55. The van der Waals surface area contributed by atoms with Gasteiger partial charge in [0.1, 0.15) is 6.04 Å². The predicted molar refractivity (Wildman–Crippen MR) is 136 cm³/mol. The summed E-state index contributed by atoms with van der Waals surface area (Å²) in [6, 6.07) is 11.3. The molecular weight excluding hydrogens is 494 g/mol.